The van der Waals surface area contributed by atoms with Gasteiger partial charge in [0.25, 0.3) is 0 Å². The number of rotatable bonds is 7. The summed E-state index contributed by atoms with van der Waals surface area (Å²) in [6.07, 6.45) is 0. The van der Waals surface area contributed by atoms with Gasteiger partial charge in [-0.3, -0.25) is 4.79 Å². The maximum atomic E-state index is 12.2. The van der Waals surface area contributed by atoms with Gasteiger partial charge in [-0.05, 0) is 25.3 Å². The molecule has 0 aliphatic rings. The van der Waals surface area contributed by atoms with Gasteiger partial charge in [0, 0.05) is 7.05 Å². The monoisotopic (exact) mass is 423 g/mol. The molecule has 0 bridgehead atoms. The van der Waals surface area contributed by atoms with Gasteiger partial charge in [-0.1, -0.05) is 29.2 Å². The van der Waals surface area contributed by atoms with Crippen LogP contribution in [-0.4, -0.2) is 44.0 Å². The van der Waals surface area contributed by atoms with E-state index in [-0.39, 0.29) is 11.7 Å². The SMILES string of the molecule is CCOC(=O)c1sc(NC(=O)CSc2nnc(-c3cccs3)n2C)nc1C. The van der Waals surface area contributed by atoms with Crippen molar-refractivity contribution < 1.29 is 14.3 Å². The zero-order valence-corrected chi connectivity index (χ0v) is 17.3. The zero-order chi connectivity index (χ0) is 19.4. The van der Waals surface area contributed by atoms with E-state index in [1.165, 1.54) is 11.8 Å². The predicted molar refractivity (Wildman–Crippen MR) is 106 cm³/mol. The first-order valence-electron chi connectivity index (χ1n) is 8.00. The highest BCUT2D eigenvalue weighted by Crippen LogP contribution is 2.27. The Morgan fingerprint density at radius 1 is 1.37 bits per heavy atom. The normalized spacial score (nSPS) is 10.8. The van der Waals surface area contributed by atoms with Gasteiger partial charge in [-0.2, -0.15) is 0 Å². The van der Waals surface area contributed by atoms with Crippen molar-refractivity contribution in [2.75, 3.05) is 17.7 Å². The number of aryl methyl sites for hydroxylation is 1. The number of nitrogens with zero attached hydrogens (tertiary/aromatic N) is 4. The summed E-state index contributed by atoms with van der Waals surface area (Å²) in [6, 6.07) is 3.93. The van der Waals surface area contributed by atoms with Crippen molar-refractivity contribution >= 4 is 51.4 Å². The van der Waals surface area contributed by atoms with Gasteiger partial charge < -0.3 is 14.6 Å². The minimum atomic E-state index is -0.428. The summed E-state index contributed by atoms with van der Waals surface area (Å²) < 4.78 is 6.83. The minimum absolute atomic E-state index is 0.157. The number of ether oxygens (including phenoxy) is 1. The standard InChI is InChI=1S/C16H17N5O3S3/c1-4-24-14(23)12-9(2)17-15(27-12)18-11(22)8-26-16-20-19-13(21(16)3)10-6-5-7-25-10/h5-7H,4,8H2,1-3H3,(H,17,18,22). The molecule has 27 heavy (non-hydrogen) atoms. The lowest BCUT2D eigenvalue weighted by Gasteiger charge is -2.03. The number of anilines is 1. The van der Waals surface area contributed by atoms with Crippen LogP contribution in [0.1, 0.15) is 22.3 Å². The van der Waals surface area contributed by atoms with E-state index >= 15 is 0 Å². The van der Waals surface area contributed by atoms with Crippen molar-refractivity contribution in [2.24, 2.45) is 7.05 Å². The second-order valence-electron chi connectivity index (χ2n) is 5.33. The molecule has 0 saturated carbocycles. The van der Waals surface area contributed by atoms with Crippen molar-refractivity contribution in [3.05, 3.63) is 28.1 Å². The van der Waals surface area contributed by atoms with Crippen LogP contribution in [0, 0.1) is 6.92 Å². The Bertz CT molecular complexity index is 949. The van der Waals surface area contributed by atoms with E-state index in [1.54, 1.807) is 25.2 Å². The third-order valence-corrected chi connectivity index (χ3v) is 6.35. The summed E-state index contributed by atoms with van der Waals surface area (Å²) in [4.78, 5) is 29.7. The molecular formula is C16H17N5O3S3. The van der Waals surface area contributed by atoms with Crippen LogP contribution in [0.25, 0.3) is 10.7 Å². The third-order valence-electron chi connectivity index (χ3n) is 3.41. The van der Waals surface area contributed by atoms with Gasteiger partial charge in [-0.15, -0.1) is 21.5 Å². The molecule has 0 spiro atoms. The lowest BCUT2D eigenvalue weighted by atomic mass is 10.4. The first kappa shape index (κ1) is 19.5. The number of amides is 1. The number of aromatic nitrogens is 4. The Morgan fingerprint density at radius 3 is 2.89 bits per heavy atom. The van der Waals surface area contributed by atoms with Crippen LogP contribution >= 0.6 is 34.4 Å². The second-order valence-corrected chi connectivity index (χ2v) is 8.22. The number of thiazole rings is 1. The molecule has 0 fully saturated rings. The Morgan fingerprint density at radius 2 is 2.19 bits per heavy atom. The van der Waals surface area contributed by atoms with Crippen molar-refractivity contribution in [1.29, 1.82) is 0 Å². The summed E-state index contributed by atoms with van der Waals surface area (Å²) in [7, 11) is 1.87. The summed E-state index contributed by atoms with van der Waals surface area (Å²) in [5, 5.41) is 14.0. The molecule has 0 radical (unpaired) electrons. The topological polar surface area (TPSA) is 99.0 Å². The van der Waals surface area contributed by atoms with E-state index in [4.69, 9.17) is 4.74 Å². The lowest BCUT2D eigenvalue weighted by Crippen LogP contribution is -2.14. The molecule has 142 valence electrons. The van der Waals surface area contributed by atoms with E-state index in [9.17, 15) is 9.59 Å². The molecule has 3 rings (SSSR count). The maximum Gasteiger partial charge on any atom is 0.350 e. The quantitative estimate of drug-likeness (QED) is 0.460. The molecule has 0 aliphatic carbocycles. The molecule has 1 amide bonds. The van der Waals surface area contributed by atoms with Crippen molar-refractivity contribution in [1.82, 2.24) is 19.7 Å². The molecule has 3 heterocycles. The molecule has 0 aliphatic heterocycles. The third kappa shape index (κ3) is 4.54. The summed E-state index contributed by atoms with van der Waals surface area (Å²) in [6.45, 7) is 3.74. The number of carbonyl (C=O) groups excluding carboxylic acids is 2. The molecule has 0 saturated heterocycles. The molecule has 3 aromatic rings. The van der Waals surface area contributed by atoms with Gasteiger partial charge in [0.05, 0.1) is 22.9 Å². The van der Waals surface area contributed by atoms with Crippen molar-refractivity contribution in [3.63, 3.8) is 0 Å². The number of carbonyl (C=O) groups is 2. The number of esters is 1. The number of thioether (sulfide) groups is 1. The van der Waals surface area contributed by atoms with Gasteiger partial charge in [-0.25, -0.2) is 9.78 Å². The molecule has 0 aromatic carbocycles. The Hall–Kier alpha value is -2.24. The zero-order valence-electron chi connectivity index (χ0n) is 14.9. The minimum Gasteiger partial charge on any atom is -0.462 e. The summed E-state index contributed by atoms with van der Waals surface area (Å²) in [5.74, 6) is 0.263. The average Bonchev–Trinajstić information content (AvgIpc) is 3.34. The van der Waals surface area contributed by atoms with Crippen LogP contribution in [0.15, 0.2) is 22.7 Å². The smallest absolute Gasteiger partial charge is 0.350 e. The fourth-order valence-electron chi connectivity index (χ4n) is 2.18. The van der Waals surface area contributed by atoms with Gasteiger partial charge in [0.15, 0.2) is 16.1 Å². The van der Waals surface area contributed by atoms with Crippen LogP contribution < -0.4 is 5.32 Å². The second kappa shape index (κ2) is 8.63. The number of thiophene rings is 1. The molecule has 0 atom stereocenters. The van der Waals surface area contributed by atoms with Crippen LogP contribution in [0.3, 0.4) is 0 Å². The Labute approximate surface area is 168 Å². The van der Waals surface area contributed by atoms with E-state index < -0.39 is 5.97 Å². The van der Waals surface area contributed by atoms with E-state index in [2.05, 4.69) is 20.5 Å². The van der Waals surface area contributed by atoms with Crippen molar-refractivity contribution in [3.8, 4) is 10.7 Å². The number of hydrogen-bond acceptors (Lipinski definition) is 9. The molecule has 11 heteroatoms. The highest BCUT2D eigenvalue weighted by atomic mass is 32.2. The van der Waals surface area contributed by atoms with Gasteiger partial charge in [0.1, 0.15) is 4.88 Å². The maximum absolute atomic E-state index is 12.2. The molecule has 3 aromatic heterocycles. The average molecular weight is 424 g/mol. The van der Waals surface area contributed by atoms with Crippen LogP contribution in [-0.2, 0) is 16.6 Å². The predicted octanol–water partition coefficient (Wildman–Crippen LogP) is 3.22. The summed E-state index contributed by atoms with van der Waals surface area (Å²) >= 11 is 3.97. The van der Waals surface area contributed by atoms with E-state index in [0.717, 1.165) is 22.0 Å². The van der Waals surface area contributed by atoms with Crippen LogP contribution in [0.2, 0.25) is 0 Å². The Kier molecular flexibility index (Phi) is 6.24. The molecular weight excluding hydrogens is 406 g/mol. The van der Waals surface area contributed by atoms with Gasteiger partial charge >= 0.3 is 5.97 Å². The van der Waals surface area contributed by atoms with Crippen LogP contribution in [0.5, 0.6) is 0 Å². The first-order chi connectivity index (χ1) is 13.0. The highest BCUT2D eigenvalue weighted by molar-refractivity contribution is 7.99. The van der Waals surface area contributed by atoms with E-state index in [1.807, 2.05) is 29.1 Å². The molecule has 8 nitrogen and oxygen atoms in total. The largest absolute Gasteiger partial charge is 0.462 e. The summed E-state index contributed by atoms with van der Waals surface area (Å²) in [5.41, 5.74) is 0.537. The van der Waals surface area contributed by atoms with Gasteiger partial charge in [0.2, 0.25) is 5.91 Å². The first-order valence-corrected chi connectivity index (χ1v) is 10.7. The number of nitrogens with one attached hydrogen (secondary N) is 1. The van der Waals surface area contributed by atoms with Crippen molar-refractivity contribution in [2.45, 2.75) is 19.0 Å². The van der Waals surface area contributed by atoms with Crippen LogP contribution in [0.4, 0.5) is 5.13 Å². The fraction of sp³-hybridized carbons (Fsp3) is 0.312. The highest BCUT2D eigenvalue weighted by Gasteiger charge is 2.18. The Balaban J connectivity index is 1.59. The lowest BCUT2D eigenvalue weighted by molar-refractivity contribution is -0.113. The fourth-order valence-corrected chi connectivity index (χ4v) is 4.51. The molecule has 0 unspecified atom stereocenters. The molecule has 1 N–H and O–H groups in total. The van der Waals surface area contributed by atoms with E-state index in [0.29, 0.717) is 27.5 Å². The number of hydrogen-bond donors (Lipinski definition) is 1.